The Hall–Kier alpha value is -3.95. The fraction of sp³-hybridized carbons (Fsp3) is 0.211. The third kappa shape index (κ3) is 3.24. The Morgan fingerprint density at radius 2 is 1.90 bits per heavy atom. The van der Waals surface area contributed by atoms with Crippen molar-refractivity contribution in [1.29, 1.82) is 0 Å². The first-order valence-electron chi connectivity index (χ1n) is 9.16. The van der Waals surface area contributed by atoms with E-state index in [-0.39, 0.29) is 11.9 Å². The molecule has 0 bridgehead atoms. The lowest BCUT2D eigenvalue weighted by Crippen LogP contribution is -2.31. The van der Waals surface area contributed by atoms with Crippen LogP contribution in [-0.2, 0) is 0 Å². The summed E-state index contributed by atoms with van der Waals surface area (Å²) < 4.78 is 7.14. The van der Waals surface area contributed by atoms with Crippen molar-refractivity contribution in [3.8, 4) is 17.2 Å². The maximum Gasteiger partial charge on any atom is 0.273 e. The molecule has 10 nitrogen and oxygen atoms in total. The predicted molar refractivity (Wildman–Crippen MR) is 99.7 cm³/mol. The van der Waals surface area contributed by atoms with Crippen molar-refractivity contribution in [3.05, 3.63) is 67.0 Å². The van der Waals surface area contributed by atoms with Crippen LogP contribution < -0.4 is 0 Å². The van der Waals surface area contributed by atoms with Gasteiger partial charge in [0.05, 0.1) is 0 Å². The lowest BCUT2D eigenvalue weighted by atomic mass is 10.2. The van der Waals surface area contributed by atoms with Crippen LogP contribution in [0.2, 0.25) is 0 Å². The first-order valence-corrected chi connectivity index (χ1v) is 9.16. The van der Waals surface area contributed by atoms with Crippen LogP contribution >= 0.6 is 0 Å². The van der Waals surface area contributed by atoms with E-state index in [1.54, 1.807) is 40.1 Å². The number of aromatic nitrogens is 7. The van der Waals surface area contributed by atoms with Crippen molar-refractivity contribution in [2.75, 3.05) is 6.54 Å². The standard InChI is InChI=1S/C19H16N8O2/c28-19(14-3-1-5-16(23-14)26-11-21-22-12-26)27-10-2-4-15(27)18-24-17(25-29-18)13-6-8-20-9-7-13/h1,3,5-9,11-12,15H,2,4,10H2/t15-/m0/s1. The average molecular weight is 388 g/mol. The third-order valence-electron chi connectivity index (χ3n) is 4.82. The molecule has 0 unspecified atom stereocenters. The van der Waals surface area contributed by atoms with Gasteiger partial charge in [-0.15, -0.1) is 10.2 Å². The van der Waals surface area contributed by atoms with Gasteiger partial charge in [0, 0.05) is 24.5 Å². The Balaban J connectivity index is 1.41. The number of pyridine rings is 2. The van der Waals surface area contributed by atoms with Gasteiger partial charge in [0.2, 0.25) is 11.7 Å². The molecule has 1 fully saturated rings. The van der Waals surface area contributed by atoms with Crippen LogP contribution in [0.25, 0.3) is 17.2 Å². The zero-order chi connectivity index (χ0) is 19.6. The van der Waals surface area contributed by atoms with Crippen molar-refractivity contribution < 1.29 is 9.32 Å². The molecule has 4 aromatic rings. The van der Waals surface area contributed by atoms with Gasteiger partial charge < -0.3 is 9.42 Å². The molecule has 144 valence electrons. The summed E-state index contributed by atoms with van der Waals surface area (Å²) in [6, 6.07) is 8.63. The number of rotatable bonds is 4. The fourth-order valence-corrected chi connectivity index (χ4v) is 3.41. The summed E-state index contributed by atoms with van der Waals surface area (Å²) in [6.45, 7) is 0.606. The Morgan fingerprint density at radius 3 is 2.72 bits per heavy atom. The molecule has 0 aliphatic carbocycles. The molecule has 1 amide bonds. The van der Waals surface area contributed by atoms with Gasteiger partial charge in [0.15, 0.2) is 0 Å². The van der Waals surface area contributed by atoms with Crippen LogP contribution in [-0.4, -0.2) is 52.2 Å². The second kappa shape index (κ2) is 7.23. The Morgan fingerprint density at radius 1 is 1.07 bits per heavy atom. The van der Waals surface area contributed by atoms with E-state index in [9.17, 15) is 4.79 Å². The van der Waals surface area contributed by atoms with Crippen LogP contribution in [0, 0.1) is 0 Å². The van der Waals surface area contributed by atoms with Crippen LogP contribution in [0.1, 0.15) is 35.3 Å². The molecular weight excluding hydrogens is 372 g/mol. The van der Waals surface area contributed by atoms with Gasteiger partial charge >= 0.3 is 0 Å². The molecule has 0 radical (unpaired) electrons. The lowest BCUT2D eigenvalue weighted by Gasteiger charge is -2.21. The lowest BCUT2D eigenvalue weighted by molar-refractivity contribution is 0.0704. The highest BCUT2D eigenvalue weighted by molar-refractivity contribution is 5.93. The minimum absolute atomic E-state index is 0.175. The number of likely N-dealkylation sites (tertiary alicyclic amines) is 1. The second-order valence-corrected chi connectivity index (χ2v) is 6.60. The van der Waals surface area contributed by atoms with Crippen LogP contribution in [0.15, 0.2) is 59.9 Å². The zero-order valence-corrected chi connectivity index (χ0v) is 15.3. The van der Waals surface area contributed by atoms with E-state index in [0.717, 1.165) is 18.4 Å². The van der Waals surface area contributed by atoms with Gasteiger partial charge in [0.1, 0.15) is 30.2 Å². The summed E-state index contributed by atoms with van der Waals surface area (Å²) in [7, 11) is 0. The van der Waals surface area contributed by atoms with Crippen LogP contribution in [0.4, 0.5) is 0 Å². The van der Waals surface area contributed by atoms with Gasteiger partial charge in [-0.3, -0.25) is 14.3 Å². The van der Waals surface area contributed by atoms with Crippen molar-refractivity contribution in [2.45, 2.75) is 18.9 Å². The zero-order valence-electron chi connectivity index (χ0n) is 15.3. The number of carbonyl (C=O) groups excluding carboxylic acids is 1. The first-order chi connectivity index (χ1) is 14.3. The largest absolute Gasteiger partial charge is 0.337 e. The maximum absolute atomic E-state index is 13.2. The van der Waals surface area contributed by atoms with E-state index in [0.29, 0.717) is 29.8 Å². The highest BCUT2D eigenvalue weighted by Gasteiger charge is 2.35. The highest BCUT2D eigenvalue weighted by atomic mass is 16.5. The average Bonchev–Trinajstić information content (AvgIpc) is 3.55. The van der Waals surface area contributed by atoms with Gasteiger partial charge in [-0.2, -0.15) is 4.98 Å². The molecule has 0 spiro atoms. The number of nitrogens with zero attached hydrogens (tertiary/aromatic N) is 8. The van der Waals surface area contributed by atoms with Crippen molar-refractivity contribution in [3.63, 3.8) is 0 Å². The number of carbonyl (C=O) groups is 1. The van der Waals surface area contributed by atoms with Crippen molar-refractivity contribution in [2.24, 2.45) is 0 Å². The summed E-state index contributed by atoms with van der Waals surface area (Å²) in [5, 5.41) is 11.6. The molecule has 0 N–H and O–H groups in total. The minimum atomic E-state index is -0.272. The number of hydrogen-bond donors (Lipinski definition) is 0. The molecule has 5 rings (SSSR count). The molecule has 1 aliphatic heterocycles. The molecule has 10 heteroatoms. The van der Waals surface area contributed by atoms with Gasteiger partial charge in [-0.1, -0.05) is 11.2 Å². The van der Waals surface area contributed by atoms with E-state index in [4.69, 9.17) is 4.52 Å². The van der Waals surface area contributed by atoms with Crippen LogP contribution in [0.5, 0.6) is 0 Å². The van der Waals surface area contributed by atoms with E-state index < -0.39 is 0 Å². The van der Waals surface area contributed by atoms with E-state index in [2.05, 4.69) is 30.3 Å². The number of hydrogen-bond acceptors (Lipinski definition) is 8. The highest BCUT2D eigenvalue weighted by Crippen LogP contribution is 2.33. The molecule has 1 aliphatic rings. The molecule has 1 saturated heterocycles. The van der Waals surface area contributed by atoms with Crippen molar-refractivity contribution >= 4 is 5.91 Å². The predicted octanol–water partition coefficient (Wildman–Crippen LogP) is 2.08. The SMILES string of the molecule is O=C(c1cccc(-n2cnnc2)n1)N1CCC[C@H]1c1nc(-c2ccncc2)no1. The van der Waals surface area contributed by atoms with Crippen molar-refractivity contribution in [1.82, 2.24) is 39.8 Å². The molecule has 4 aromatic heterocycles. The minimum Gasteiger partial charge on any atom is -0.337 e. The van der Waals surface area contributed by atoms with Gasteiger partial charge in [-0.25, -0.2) is 4.98 Å². The quantitative estimate of drug-likeness (QED) is 0.522. The van der Waals surface area contributed by atoms with Gasteiger partial charge in [-0.05, 0) is 37.1 Å². The topological polar surface area (TPSA) is 116 Å². The third-order valence-corrected chi connectivity index (χ3v) is 4.82. The van der Waals surface area contributed by atoms with Crippen LogP contribution in [0.3, 0.4) is 0 Å². The summed E-state index contributed by atoms with van der Waals surface area (Å²) in [6.07, 6.45) is 8.03. The number of amides is 1. The van der Waals surface area contributed by atoms with E-state index >= 15 is 0 Å². The maximum atomic E-state index is 13.2. The molecule has 0 aromatic carbocycles. The Kier molecular flexibility index (Phi) is 4.28. The van der Waals surface area contributed by atoms with E-state index in [1.165, 1.54) is 12.7 Å². The molecule has 5 heterocycles. The van der Waals surface area contributed by atoms with Gasteiger partial charge in [0.25, 0.3) is 5.91 Å². The summed E-state index contributed by atoms with van der Waals surface area (Å²) in [5.41, 5.74) is 1.16. The fourth-order valence-electron chi connectivity index (χ4n) is 3.41. The molecule has 0 saturated carbocycles. The smallest absolute Gasteiger partial charge is 0.273 e. The second-order valence-electron chi connectivity index (χ2n) is 6.60. The summed E-state index contributed by atoms with van der Waals surface area (Å²) in [4.78, 5) is 27.9. The Bertz CT molecular complexity index is 1130. The molecule has 29 heavy (non-hydrogen) atoms. The monoisotopic (exact) mass is 388 g/mol. The summed E-state index contributed by atoms with van der Waals surface area (Å²) in [5.74, 6) is 1.31. The summed E-state index contributed by atoms with van der Waals surface area (Å²) >= 11 is 0. The Labute approximate surface area is 165 Å². The normalized spacial score (nSPS) is 16.3. The first kappa shape index (κ1) is 17.2. The van der Waals surface area contributed by atoms with E-state index in [1.807, 2.05) is 12.1 Å². The molecular formula is C19H16N8O2. The molecule has 1 atom stereocenters.